The van der Waals surface area contributed by atoms with Gasteiger partial charge in [-0.25, -0.2) is 9.78 Å². The van der Waals surface area contributed by atoms with Crippen molar-refractivity contribution in [3.63, 3.8) is 0 Å². The number of benzene rings is 1. The molecule has 0 aliphatic carbocycles. The van der Waals surface area contributed by atoms with Gasteiger partial charge in [0.25, 0.3) is 5.89 Å². The molecule has 2 amide bonds. The van der Waals surface area contributed by atoms with Crippen LogP contribution in [0.15, 0.2) is 27.8 Å². The topological polar surface area (TPSA) is 121 Å². The summed E-state index contributed by atoms with van der Waals surface area (Å²) < 4.78 is 5.42. The smallest absolute Gasteiger partial charge is 0.434 e. The van der Waals surface area contributed by atoms with Crippen LogP contribution in [-0.2, 0) is 9.63 Å². The average Bonchev–Trinajstić information content (AvgIpc) is 2.89. The first-order valence-electron chi connectivity index (χ1n) is 6.45. The number of nitrogens with zero attached hydrogens (tertiary/aromatic N) is 4. The Morgan fingerprint density at radius 1 is 1.43 bits per heavy atom. The van der Waals surface area contributed by atoms with Crippen LogP contribution in [0.3, 0.4) is 0 Å². The van der Waals surface area contributed by atoms with Gasteiger partial charge in [0, 0.05) is 32.8 Å². The summed E-state index contributed by atoms with van der Waals surface area (Å²) in [5.41, 5.74) is 1.07. The van der Waals surface area contributed by atoms with Crippen molar-refractivity contribution in [1.82, 2.24) is 9.88 Å². The van der Waals surface area contributed by atoms with Crippen LogP contribution in [0.4, 0.5) is 10.5 Å². The third-order valence-electron chi connectivity index (χ3n) is 2.60. The van der Waals surface area contributed by atoms with E-state index in [9.17, 15) is 9.59 Å². The fourth-order valence-electron chi connectivity index (χ4n) is 1.58. The zero-order valence-corrected chi connectivity index (χ0v) is 12.7. The lowest BCUT2D eigenvalue weighted by Crippen LogP contribution is -2.21. The van der Waals surface area contributed by atoms with Crippen LogP contribution < -0.4 is 5.32 Å². The lowest BCUT2D eigenvalue weighted by Gasteiger charge is -2.05. The number of amides is 2. The lowest BCUT2D eigenvalue weighted by atomic mass is 10.3. The summed E-state index contributed by atoms with van der Waals surface area (Å²) in [6.45, 7) is 1.38. The van der Waals surface area contributed by atoms with Gasteiger partial charge in [-0.3, -0.25) is 9.63 Å². The Morgan fingerprint density at radius 2 is 2.17 bits per heavy atom. The Labute approximate surface area is 131 Å². The minimum Gasteiger partial charge on any atom is -0.434 e. The molecule has 0 unspecified atom stereocenters. The highest BCUT2D eigenvalue weighted by atomic mass is 16.7. The molecule has 9 heteroatoms. The molecule has 0 aliphatic heterocycles. The maximum atomic E-state index is 11.3. The minimum atomic E-state index is -0.734. The number of oxime groups is 1. The molecule has 1 N–H and O–H groups in total. The largest absolute Gasteiger partial charge is 0.435 e. The highest BCUT2D eigenvalue weighted by Crippen LogP contribution is 2.20. The van der Waals surface area contributed by atoms with Crippen molar-refractivity contribution in [2.24, 2.45) is 5.16 Å². The normalized spacial score (nSPS) is 11.0. The van der Waals surface area contributed by atoms with Gasteiger partial charge >= 0.3 is 6.09 Å². The van der Waals surface area contributed by atoms with Gasteiger partial charge in [-0.05, 0) is 12.1 Å². The van der Waals surface area contributed by atoms with Crippen LogP contribution in [0, 0.1) is 11.3 Å². The summed E-state index contributed by atoms with van der Waals surface area (Å²) in [5, 5.41) is 15.1. The maximum absolute atomic E-state index is 11.3. The van der Waals surface area contributed by atoms with Crippen LogP contribution >= 0.6 is 0 Å². The van der Waals surface area contributed by atoms with E-state index >= 15 is 0 Å². The van der Waals surface area contributed by atoms with Crippen molar-refractivity contribution in [3.8, 4) is 6.07 Å². The lowest BCUT2D eigenvalue weighted by molar-refractivity contribution is -0.114. The maximum Gasteiger partial charge on any atom is 0.435 e. The highest BCUT2D eigenvalue weighted by Gasteiger charge is 2.15. The number of carbonyl (C=O) groups is 2. The zero-order valence-electron chi connectivity index (χ0n) is 12.7. The quantitative estimate of drug-likeness (QED) is 0.523. The predicted molar refractivity (Wildman–Crippen MR) is 80.6 cm³/mol. The number of carbonyl (C=O) groups excluding carboxylic acids is 2. The first-order chi connectivity index (χ1) is 10.9. The second kappa shape index (κ2) is 6.57. The average molecular weight is 315 g/mol. The fourth-order valence-corrected chi connectivity index (χ4v) is 1.58. The van der Waals surface area contributed by atoms with Crippen LogP contribution in [-0.4, -0.2) is 41.7 Å². The van der Waals surface area contributed by atoms with E-state index in [1.165, 1.54) is 21.0 Å². The second-order valence-electron chi connectivity index (χ2n) is 4.69. The molecule has 0 spiro atoms. The van der Waals surface area contributed by atoms with Gasteiger partial charge in [-0.2, -0.15) is 5.26 Å². The van der Waals surface area contributed by atoms with E-state index in [1.54, 1.807) is 24.3 Å². The van der Waals surface area contributed by atoms with Gasteiger partial charge in [0.05, 0.1) is 0 Å². The number of nitrogens with one attached hydrogen (secondary N) is 1. The van der Waals surface area contributed by atoms with Gasteiger partial charge in [0.2, 0.25) is 11.6 Å². The van der Waals surface area contributed by atoms with E-state index in [-0.39, 0.29) is 17.5 Å². The number of aromatic nitrogens is 1. The third kappa shape index (κ3) is 3.82. The molecule has 9 nitrogen and oxygen atoms in total. The molecule has 118 valence electrons. The summed E-state index contributed by atoms with van der Waals surface area (Å²) in [5.74, 6) is -0.312. The van der Waals surface area contributed by atoms with Crippen molar-refractivity contribution in [2.75, 3.05) is 19.4 Å². The van der Waals surface area contributed by atoms with Crippen molar-refractivity contribution in [1.29, 1.82) is 5.26 Å². The summed E-state index contributed by atoms with van der Waals surface area (Å²) >= 11 is 0. The third-order valence-corrected chi connectivity index (χ3v) is 2.60. The van der Waals surface area contributed by atoms with E-state index < -0.39 is 6.09 Å². The summed E-state index contributed by atoms with van der Waals surface area (Å²) in [7, 11) is 2.96. The standard InChI is InChI=1S/C14H13N5O4/c1-8(20)16-9-4-5-10-12(6-9)22-13(17-10)11(7-15)18-23-14(21)19(2)3/h4-6H,1-3H3,(H,16,20)/b18-11+. The van der Waals surface area contributed by atoms with Gasteiger partial charge in [0.15, 0.2) is 5.58 Å². The Morgan fingerprint density at radius 3 is 2.78 bits per heavy atom. The molecule has 0 saturated carbocycles. The number of rotatable bonds is 3. The van der Waals surface area contributed by atoms with Crippen molar-refractivity contribution in [3.05, 3.63) is 24.1 Å². The van der Waals surface area contributed by atoms with Crippen LogP contribution in [0.5, 0.6) is 0 Å². The van der Waals surface area contributed by atoms with E-state index in [0.29, 0.717) is 16.8 Å². The van der Waals surface area contributed by atoms with E-state index in [1.807, 2.05) is 0 Å². The van der Waals surface area contributed by atoms with E-state index in [2.05, 4.69) is 20.3 Å². The molecule has 1 aromatic heterocycles. The Balaban J connectivity index is 2.31. The number of anilines is 1. The Kier molecular flexibility index (Phi) is 4.56. The zero-order chi connectivity index (χ0) is 17.0. The SMILES string of the molecule is CC(=O)Nc1ccc2nc(/C(C#N)=N/OC(=O)N(C)C)oc2c1. The summed E-state index contributed by atoms with van der Waals surface area (Å²) in [6, 6.07) is 6.58. The van der Waals surface area contributed by atoms with Gasteiger partial charge in [-0.15, -0.1) is 0 Å². The summed E-state index contributed by atoms with van der Waals surface area (Å²) in [4.78, 5) is 32.2. The molecule has 23 heavy (non-hydrogen) atoms. The first-order valence-corrected chi connectivity index (χ1v) is 6.45. The molecular weight excluding hydrogens is 302 g/mol. The molecular formula is C14H13N5O4. The van der Waals surface area contributed by atoms with Crippen molar-refractivity contribution in [2.45, 2.75) is 6.92 Å². The molecule has 0 saturated heterocycles. The number of hydrogen-bond acceptors (Lipinski definition) is 7. The van der Waals surface area contributed by atoms with Gasteiger partial charge < -0.3 is 14.6 Å². The number of oxazole rings is 1. The van der Waals surface area contributed by atoms with Crippen molar-refractivity contribution < 1.29 is 18.8 Å². The highest BCUT2D eigenvalue weighted by molar-refractivity contribution is 6.09. The fraction of sp³-hybridized carbons (Fsp3) is 0.214. The van der Waals surface area contributed by atoms with Crippen LogP contribution in [0.1, 0.15) is 12.8 Å². The molecule has 0 bridgehead atoms. The predicted octanol–water partition coefficient (Wildman–Crippen LogP) is 1.71. The monoisotopic (exact) mass is 315 g/mol. The molecule has 1 heterocycles. The molecule has 1 aromatic carbocycles. The molecule has 2 rings (SSSR count). The van der Waals surface area contributed by atoms with Crippen molar-refractivity contribution >= 4 is 34.5 Å². The number of fused-ring (bicyclic) bond motifs is 1. The van der Waals surface area contributed by atoms with Crippen LogP contribution in [0.2, 0.25) is 0 Å². The van der Waals surface area contributed by atoms with Gasteiger partial charge in [0.1, 0.15) is 11.6 Å². The number of hydrogen-bond donors (Lipinski definition) is 1. The first kappa shape index (κ1) is 16.0. The number of nitriles is 1. The molecule has 2 aromatic rings. The molecule has 0 radical (unpaired) electrons. The van der Waals surface area contributed by atoms with E-state index in [0.717, 1.165) is 4.90 Å². The molecule has 0 aliphatic rings. The van der Waals surface area contributed by atoms with Crippen LogP contribution in [0.25, 0.3) is 11.1 Å². The Bertz CT molecular complexity index is 831. The van der Waals surface area contributed by atoms with Gasteiger partial charge in [-0.1, -0.05) is 5.16 Å². The second-order valence-corrected chi connectivity index (χ2v) is 4.69. The molecule has 0 fully saturated rings. The summed E-state index contributed by atoms with van der Waals surface area (Å²) in [6.07, 6.45) is -0.734. The molecule has 0 atom stereocenters. The Hall–Kier alpha value is -3.41. The van der Waals surface area contributed by atoms with E-state index in [4.69, 9.17) is 9.68 Å². The minimum absolute atomic E-state index is 0.0889.